The number of imidazole rings is 1. The summed E-state index contributed by atoms with van der Waals surface area (Å²) in [5, 5.41) is 6.76. The van der Waals surface area contributed by atoms with Gasteiger partial charge in [0, 0.05) is 23.8 Å². The number of halogens is 1. The third-order valence-electron chi connectivity index (χ3n) is 6.33. The summed E-state index contributed by atoms with van der Waals surface area (Å²) in [5.41, 5.74) is 8.23. The number of nitrogens with zero attached hydrogens (tertiary/aromatic N) is 4. The molecule has 2 fully saturated rings. The van der Waals surface area contributed by atoms with Gasteiger partial charge in [-0.2, -0.15) is 9.97 Å². The van der Waals surface area contributed by atoms with E-state index in [2.05, 4.69) is 20.2 Å². The minimum absolute atomic E-state index is 0.292. The lowest BCUT2D eigenvalue weighted by molar-refractivity contribution is 0.410. The van der Waals surface area contributed by atoms with Crippen molar-refractivity contribution in [2.75, 3.05) is 10.6 Å². The van der Waals surface area contributed by atoms with Crippen molar-refractivity contribution in [3.8, 4) is 0 Å². The molecule has 2 heterocycles. The number of benzene rings is 1. The second kappa shape index (κ2) is 8.18. The van der Waals surface area contributed by atoms with Gasteiger partial charge >= 0.3 is 0 Å². The van der Waals surface area contributed by atoms with Crippen LogP contribution in [0.4, 0.5) is 21.8 Å². The van der Waals surface area contributed by atoms with Crippen LogP contribution in [0.15, 0.2) is 30.6 Å². The Hall–Kier alpha value is -2.74. The highest BCUT2D eigenvalue weighted by molar-refractivity contribution is 5.86. The Bertz CT molecular complexity index is 1020. The van der Waals surface area contributed by atoms with Gasteiger partial charge < -0.3 is 20.9 Å². The molecule has 8 heteroatoms. The topological polar surface area (TPSA) is 93.7 Å². The van der Waals surface area contributed by atoms with Crippen molar-refractivity contribution in [1.82, 2.24) is 19.5 Å². The molecule has 1 aromatic carbocycles. The average molecular weight is 410 g/mol. The van der Waals surface area contributed by atoms with Gasteiger partial charge in [0.15, 0.2) is 17.0 Å². The Morgan fingerprint density at radius 3 is 2.60 bits per heavy atom. The third-order valence-corrected chi connectivity index (χ3v) is 6.33. The number of rotatable bonds is 5. The number of hydrogen-bond donors (Lipinski definition) is 3. The van der Waals surface area contributed by atoms with E-state index in [4.69, 9.17) is 15.7 Å². The fourth-order valence-corrected chi connectivity index (χ4v) is 4.67. The van der Waals surface area contributed by atoms with Crippen LogP contribution in [0, 0.1) is 5.82 Å². The van der Waals surface area contributed by atoms with Gasteiger partial charge in [0.05, 0.1) is 6.33 Å². The van der Waals surface area contributed by atoms with Gasteiger partial charge in [-0.1, -0.05) is 18.9 Å². The van der Waals surface area contributed by atoms with Gasteiger partial charge in [-0.25, -0.2) is 9.37 Å². The van der Waals surface area contributed by atoms with Crippen molar-refractivity contribution in [3.05, 3.63) is 36.4 Å². The quantitative estimate of drug-likeness (QED) is 0.574. The molecule has 2 aliphatic carbocycles. The Kier molecular flexibility index (Phi) is 5.25. The van der Waals surface area contributed by atoms with Crippen LogP contribution in [0.5, 0.6) is 0 Å². The Morgan fingerprint density at radius 2 is 1.83 bits per heavy atom. The molecule has 0 spiro atoms. The van der Waals surface area contributed by atoms with Crippen molar-refractivity contribution in [3.63, 3.8) is 0 Å². The van der Waals surface area contributed by atoms with Crippen LogP contribution >= 0.6 is 0 Å². The predicted molar refractivity (Wildman–Crippen MR) is 116 cm³/mol. The lowest BCUT2D eigenvalue weighted by atomic mass is 9.92. The molecular formula is C22H28FN7. The smallest absolute Gasteiger partial charge is 0.227 e. The van der Waals surface area contributed by atoms with E-state index >= 15 is 0 Å². The molecule has 0 bridgehead atoms. The zero-order valence-electron chi connectivity index (χ0n) is 17.0. The number of hydrogen-bond acceptors (Lipinski definition) is 6. The zero-order chi connectivity index (χ0) is 20.5. The molecule has 4 N–H and O–H groups in total. The Morgan fingerprint density at radius 1 is 1.03 bits per heavy atom. The second-order valence-corrected chi connectivity index (χ2v) is 8.55. The van der Waals surface area contributed by atoms with Crippen molar-refractivity contribution >= 4 is 28.6 Å². The maximum atomic E-state index is 13.7. The SMILES string of the molecule is N[C@H]1CC[C@H](Nc2nc(Nc3cccc(F)c3)c3ncn(C4CCCC4)c3n2)CC1. The van der Waals surface area contributed by atoms with Crippen LogP contribution < -0.4 is 16.4 Å². The number of fused-ring (bicyclic) bond motifs is 1. The molecule has 158 valence electrons. The maximum absolute atomic E-state index is 13.7. The van der Waals surface area contributed by atoms with E-state index in [9.17, 15) is 4.39 Å². The summed E-state index contributed by atoms with van der Waals surface area (Å²) in [5.74, 6) is 0.887. The molecule has 0 amide bonds. The highest BCUT2D eigenvalue weighted by Crippen LogP contribution is 2.34. The maximum Gasteiger partial charge on any atom is 0.227 e. The minimum Gasteiger partial charge on any atom is -0.351 e. The summed E-state index contributed by atoms with van der Waals surface area (Å²) in [6.07, 6.45) is 10.7. The lowest BCUT2D eigenvalue weighted by Crippen LogP contribution is -2.33. The Labute approximate surface area is 175 Å². The highest BCUT2D eigenvalue weighted by atomic mass is 19.1. The summed E-state index contributed by atoms with van der Waals surface area (Å²) in [7, 11) is 0. The average Bonchev–Trinajstić information content (AvgIpc) is 3.39. The van der Waals surface area contributed by atoms with Crippen molar-refractivity contribution < 1.29 is 4.39 Å². The van der Waals surface area contributed by atoms with Crippen LogP contribution in [0.2, 0.25) is 0 Å². The molecule has 0 saturated heterocycles. The summed E-state index contributed by atoms with van der Waals surface area (Å²) in [4.78, 5) is 14.2. The summed E-state index contributed by atoms with van der Waals surface area (Å²) >= 11 is 0. The molecule has 0 aliphatic heterocycles. The fourth-order valence-electron chi connectivity index (χ4n) is 4.67. The first kappa shape index (κ1) is 19.2. The molecule has 2 saturated carbocycles. The number of nitrogens with one attached hydrogen (secondary N) is 2. The van der Waals surface area contributed by atoms with E-state index in [0.717, 1.165) is 44.2 Å². The van der Waals surface area contributed by atoms with Crippen LogP contribution in [-0.4, -0.2) is 31.6 Å². The number of anilines is 3. The monoisotopic (exact) mass is 409 g/mol. The fraction of sp³-hybridized carbons (Fsp3) is 0.500. The normalized spacial score (nSPS) is 22.5. The highest BCUT2D eigenvalue weighted by Gasteiger charge is 2.24. The van der Waals surface area contributed by atoms with Gasteiger partial charge in [-0.05, 0) is 56.7 Å². The molecule has 0 atom stereocenters. The van der Waals surface area contributed by atoms with Crippen LogP contribution in [0.25, 0.3) is 11.2 Å². The molecular weight excluding hydrogens is 381 g/mol. The van der Waals surface area contributed by atoms with Gasteiger partial charge in [0.25, 0.3) is 0 Å². The first-order valence-corrected chi connectivity index (χ1v) is 10.9. The predicted octanol–water partition coefficient (Wildman–Crippen LogP) is 4.51. The molecule has 30 heavy (non-hydrogen) atoms. The number of nitrogens with two attached hydrogens (primary N) is 1. The van der Waals surface area contributed by atoms with E-state index in [1.165, 1.54) is 25.0 Å². The largest absolute Gasteiger partial charge is 0.351 e. The van der Waals surface area contributed by atoms with Gasteiger partial charge in [-0.15, -0.1) is 0 Å². The van der Waals surface area contributed by atoms with Crippen molar-refractivity contribution in [2.24, 2.45) is 5.73 Å². The minimum atomic E-state index is -0.293. The van der Waals surface area contributed by atoms with Gasteiger partial charge in [0.1, 0.15) is 5.82 Å². The third kappa shape index (κ3) is 3.96. The second-order valence-electron chi connectivity index (χ2n) is 8.55. The number of aromatic nitrogens is 4. The Balaban J connectivity index is 1.51. The molecule has 7 nitrogen and oxygen atoms in total. The van der Waals surface area contributed by atoms with E-state index < -0.39 is 0 Å². The standard InChI is InChI=1S/C22H28FN7/c23-14-4-3-5-17(12-14)26-20-19-21(30(13-25-19)18-6-1-2-7-18)29-22(28-20)27-16-10-8-15(24)9-11-16/h3-5,12-13,15-16,18H,1-2,6-11,24H2,(H2,26,27,28,29)/t15-,16-. The van der Waals surface area contributed by atoms with E-state index in [1.807, 2.05) is 12.4 Å². The van der Waals surface area contributed by atoms with Gasteiger partial charge in [0.2, 0.25) is 5.95 Å². The molecule has 0 unspecified atom stereocenters. The van der Waals surface area contributed by atoms with Gasteiger partial charge in [-0.3, -0.25) is 0 Å². The van der Waals surface area contributed by atoms with Crippen molar-refractivity contribution in [2.45, 2.75) is 69.5 Å². The zero-order valence-corrected chi connectivity index (χ0v) is 17.0. The molecule has 3 aromatic rings. The summed E-state index contributed by atoms with van der Waals surface area (Å²) < 4.78 is 15.9. The first-order valence-electron chi connectivity index (χ1n) is 10.9. The molecule has 2 aliphatic rings. The molecule has 2 aromatic heterocycles. The van der Waals surface area contributed by atoms with Crippen molar-refractivity contribution in [1.29, 1.82) is 0 Å². The van der Waals surface area contributed by atoms with E-state index in [-0.39, 0.29) is 5.82 Å². The first-order chi connectivity index (χ1) is 14.7. The van der Waals surface area contributed by atoms with Crippen LogP contribution in [0.1, 0.15) is 57.4 Å². The molecule has 0 radical (unpaired) electrons. The van der Waals surface area contributed by atoms with Crippen LogP contribution in [-0.2, 0) is 0 Å². The lowest BCUT2D eigenvalue weighted by Gasteiger charge is -2.27. The summed E-state index contributed by atoms with van der Waals surface area (Å²) in [6, 6.07) is 7.41. The van der Waals surface area contributed by atoms with Crippen LogP contribution in [0.3, 0.4) is 0 Å². The van der Waals surface area contributed by atoms with E-state index in [1.54, 1.807) is 6.07 Å². The molecule has 5 rings (SSSR count). The van der Waals surface area contributed by atoms with E-state index in [0.29, 0.717) is 41.1 Å². The summed E-state index contributed by atoms with van der Waals surface area (Å²) in [6.45, 7) is 0.